The molecule has 2 N–H and O–H groups in total. The number of aromatic nitrogens is 1. The highest BCUT2D eigenvalue weighted by molar-refractivity contribution is 6.11. The molecule has 3 aromatic rings. The normalized spacial score (nSPS) is 11.5. The fraction of sp³-hybridized carbons (Fsp3) is 0.0476. The monoisotopic (exact) mass is 331 g/mol. The number of hydrogen-bond donors (Lipinski definition) is 2. The van der Waals surface area contributed by atoms with E-state index in [1.54, 1.807) is 36.4 Å². The zero-order valence-corrected chi connectivity index (χ0v) is 13.5. The van der Waals surface area contributed by atoms with E-state index in [-0.39, 0.29) is 23.7 Å². The molecule has 0 radical (unpaired) electrons. The second kappa shape index (κ2) is 7.45. The molecule has 0 spiro atoms. The molecular formula is C21H17NO3. The molecule has 0 atom stereocenters. The van der Waals surface area contributed by atoms with Crippen LogP contribution in [0.5, 0.6) is 5.75 Å². The third kappa shape index (κ3) is 4.32. The molecule has 0 saturated carbocycles. The number of fused-ring (bicyclic) bond motifs is 1. The molecule has 0 amide bonds. The number of carbonyl (C=O) groups excluding carboxylic acids is 2. The molecule has 1 aromatic heterocycles. The van der Waals surface area contributed by atoms with E-state index in [0.717, 1.165) is 22.0 Å². The Hall–Kier alpha value is -3.40. The van der Waals surface area contributed by atoms with Crippen LogP contribution in [0.3, 0.4) is 0 Å². The molecular weight excluding hydrogens is 314 g/mol. The van der Waals surface area contributed by atoms with E-state index in [1.807, 2.05) is 30.5 Å². The zero-order valence-electron chi connectivity index (χ0n) is 13.5. The van der Waals surface area contributed by atoms with E-state index >= 15 is 0 Å². The minimum absolute atomic E-state index is 0.168. The maximum Gasteiger partial charge on any atom is 0.163 e. The van der Waals surface area contributed by atoms with E-state index in [9.17, 15) is 14.7 Å². The Morgan fingerprint density at radius 2 is 1.64 bits per heavy atom. The van der Waals surface area contributed by atoms with Crippen molar-refractivity contribution in [3.8, 4) is 5.75 Å². The van der Waals surface area contributed by atoms with Crippen LogP contribution in [0.1, 0.15) is 17.5 Å². The highest BCUT2D eigenvalue weighted by atomic mass is 16.3. The summed E-state index contributed by atoms with van der Waals surface area (Å²) in [4.78, 5) is 27.0. The number of ketones is 2. The topological polar surface area (TPSA) is 70.2 Å². The van der Waals surface area contributed by atoms with Crippen molar-refractivity contribution in [2.75, 3.05) is 0 Å². The van der Waals surface area contributed by atoms with Crippen LogP contribution >= 0.6 is 0 Å². The fourth-order valence-corrected chi connectivity index (χ4v) is 2.50. The lowest BCUT2D eigenvalue weighted by molar-refractivity contribution is -0.121. The van der Waals surface area contributed by atoms with Crippen LogP contribution in [-0.2, 0) is 9.59 Å². The number of aromatic hydroxyl groups is 1. The Bertz CT molecular complexity index is 962. The minimum Gasteiger partial charge on any atom is -0.508 e. The third-order valence-electron chi connectivity index (χ3n) is 3.78. The Balaban J connectivity index is 1.61. The summed E-state index contributed by atoms with van der Waals surface area (Å²) < 4.78 is 0. The van der Waals surface area contributed by atoms with Crippen molar-refractivity contribution in [2.45, 2.75) is 6.42 Å². The molecule has 2 aromatic carbocycles. The van der Waals surface area contributed by atoms with Gasteiger partial charge < -0.3 is 10.1 Å². The first kappa shape index (κ1) is 16.5. The molecule has 0 fully saturated rings. The second-order valence-electron chi connectivity index (χ2n) is 5.65. The van der Waals surface area contributed by atoms with Crippen LogP contribution in [0.4, 0.5) is 0 Å². The average Bonchev–Trinajstić information content (AvgIpc) is 3.09. The summed E-state index contributed by atoms with van der Waals surface area (Å²) in [6.45, 7) is 0. The Labute approximate surface area is 145 Å². The van der Waals surface area contributed by atoms with Crippen LogP contribution in [-0.4, -0.2) is 21.7 Å². The van der Waals surface area contributed by atoms with Gasteiger partial charge in [0.05, 0.1) is 6.42 Å². The summed E-state index contributed by atoms with van der Waals surface area (Å²) in [6, 6.07) is 14.2. The van der Waals surface area contributed by atoms with E-state index < -0.39 is 0 Å². The van der Waals surface area contributed by atoms with Crippen molar-refractivity contribution in [1.29, 1.82) is 0 Å². The van der Waals surface area contributed by atoms with Gasteiger partial charge in [0.15, 0.2) is 11.6 Å². The van der Waals surface area contributed by atoms with Gasteiger partial charge in [-0.3, -0.25) is 9.59 Å². The number of nitrogens with one attached hydrogen (secondary N) is 1. The number of allylic oxidation sites excluding steroid dienone is 2. The van der Waals surface area contributed by atoms with Gasteiger partial charge >= 0.3 is 0 Å². The average molecular weight is 331 g/mol. The van der Waals surface area contributed by atoms with E-state index in [4.69, 9.17) is 0 Å². The Morgan fingerprint density at radius 3 is 2.40 bits per heavy atom. The predicted octanol–water partition coefficient (Wildman–Crippen LogP) is 4.13. The lowest BCUT2D eigenvalue weighted by Crippen LogP contribution is -2.01. The van der Waals surface area contributed by atoms with Crippen LogP contribution in [0.2, 0.25) is 0 Å². The first-order valence-corrected chi connectivity index (χ1v) is 7.89. The molecule has 4 nitrogen and oxygen atoms in total. The lowest BCUT2D eigenvalue weighted by atomic mass is 10.1. The van der Waals surface area contributed by atoms with Gasteiger partial charge in [-0.2, -0.15) is 0 Å². The molecule has 0 bridgehead atoms. The van der Waals surface area contributed by atoms with Gasteiger partial charge in [0.25, 0.3) is 0 Å². The molecule has 3 rings (SSSR count). The van der Waals surface area contributed by atoms with Crippen molar-refractivity contribution in [2.24, 2.45) is 0 Å². The SMILES string of the molecule is O=C(/C=C/c1ccc(O)cc1)CC(=O)/C=C/c1cccc2[nH]ccc12. The summed E-state index contributed by atoms with van der Waals surface area (Å²) >= 11 is 0. The molecule has 0 unspecified atom stereocenters. The van der Waals surface area contributed by atoms with Gasteiger partial charge in [0.1, 0.15) is 5.75 Å². The first-order valence-electron chi connectivity index (χ1n) is 7.89. The number of phenolic OH excluding ortho intramolecular Hbond substituents is 1. The first-order chi connectivity index (χ1) is 12.1. The third-order valence-corrected chi connectivity index (χ3v) is 3.78. The second-order valence-corrected chi connectivity index (χ2v) is 5.65. The molecule has 4 heteroatoms. The van der Waals surface area contributed by atoms with E-state index in [2.05, 4.69) is 4.98 Å². The minimum atomic E-state index is -0.262. The Morgan fingerprint density at radius 1 is 0.920 bits per heavy atom. The Kier molecular flexibility index (Phi) is 4.90. The van der Waals surface area contributed by atoms with Crippen molar-refractivity contribution in [1.82, 2.24) is 4.98 Å². The highest BCUT2D eigenvalue weighted by Crippen LogP contribution is 2.18. The largest absolute Gasteiger partial charge is 0.508 e. The zero-order chi connectivity index (χ0) is 17.6. The van der Waals surface area contributed by atoms with Gasteiger partial charge in [0, 0.05) is 17.1 Å². The van der Waals surface area contributed by atoms with E-state index in [0.29, 0.717) is 0 Å². The standard InChI is InChI=1S/C21H17NO3/c23-17-8-4-15(5-9-17)6-10-18(24)14-19(25)11-7-16-2-1-3-21-20(16)12-13-22-21/h1-13,22-23H,14H2/b10-6+,11-7+. The number of rotatable bonds is 6. The van der Waals surface area contributed by atoms with Crippen molar-refractivity contribution >= 4 is 34.6 Å². The summed E-state index contributed by atoms with van der Waals surface area (Å²) in [5.74, 6) is -0.336. The predicted molar refractivity (Wildman–Crippen MR) is 99.1 cm³/mol. The van der Waals surface area contributed by atoms with Gasteiger partial charge in [-0.05, 0) is 47.5 Å². The van der Waals surface area contributed by atoms with E-state index in [1.165, 1.54) is 12.2 Å². The molecule has 0 aliphatic rings. The van der Waals surface area contributed by atoms with Gasteiger partial charge in [-0.1, -0.05) is 36.4 Å². The quantitative estimate of drug-likeness (QED) is 0.527. The number of aromatic amines is 1. The molecule has 0 aliphatic carbocycles. The van der Waals surface area contributed by atoms with Crippen LogP contribution in [0, 0.1) is 0 Å². The summed E-state index contributed by atoms with van der Waals surface area (Å²) in [6.07, 6.45) is 7.85. The lowest BCUT2D eigenvalue weighted by Gasteiger charge is -1.97. The van der Waals surface area contributed by atoms with Crippen LogP contribution in [0.25, 0.3) is 23.1 Å². The maximum absolute atomic E-state index is 12.0. The number of carbonyl (C=O) groups is 2. The summed E-state index contributed by atoms with van der Waals surface area (Å²) in [7, 11) is 0. The number of phenols is 1. The molecule has 25 heavy (non-hydrogen) atoms. The highest BCUT2D eigenvalue weighted by Gasteiger charge is 2.04. The van der Waals surface area contributed by atoms with Crippen molar-refractivity contribution in [3.05, 3.63) is 78.0 Å². The molecule has 0 aliphatic heterocycles. The van der Waals surface area contributed by atoms with Crippen molar-refractivity contribution < 1.29 is 14.7 Å². The number of benzene rings is 2. The molecule has 124 valence electrons. The van der Waals surface area contributed by atoms with Gasteiger partial charge in [0.2, 0.25) is 0 Å². The van der Waals surface area contributed by atoms with Crippen molar-refractivity contribution in [3.63, 3.8) is 0 Å². The molecule has 1 heterocycles. The van der Waals surface area contributed by atoms with Crippen LogP contribution < -0.4 is 0 Å². The summed E-state index contributed by atoms with van der Waals surface area (Å²) in [5.41, 5.74) is 2.72. The van der Waals surface area contributed by atoms with Crippen LogP contribution in [0.15, 0.2) is 66.9 Å². The maximum atomic E-state index is 12.0. The fourth-order valence-electron chi connectivity index (χ4n) is 2.50. The number of H-pyrrole nitrogens is 1. The smallest absolute Gasteiger partial charge is 0.163 e. The molecule has 0 saturated heterocycles. The van der Waals surface area contributed by atoms with Gasteiger partial charge in [-0.15, -0.1) is 0 Å². The summed E-state index contributed by atoms with van der Waals surface area (Å²) in [5, 5.41) is 10.2. The van der Waals surface area contributed by atoms with Gasteiger partial charge in [-0.25, -0.2) is 0 Å². The number of hydrogen-bond acceptors (Lipinski definition) is 3.